The maximum Gasteiger partial charge on any atom is 0.139 e. The minimum absolute atomic E-state index is 0.605. The van der Waals surface area contributed by atoms with Gasteiger partial charge in [0.15, 0.2) is 0 Å². The Morgan fingerprint density at radius 3 is 2.88 bits per heavy atom. The van der Waals surface area contributed by atoms with E-state index >= 15 is 0 Å². The van der Waals surface area contributed by atoms with E-state index in [1.165, 1.54) is 5.56 Å². The van der Waals surface area contributed by atoms with Crippen LogP contribution in [0.1, 0.15) is 24.0 Å². The first-order valence-electron chi connectivity index (χ1n) is 5.18. The summed E-state index contributed by atoms with van der Waals surface area (Å²) in [4.78, 5) is 8.85. The number of aromatic nitrogens is 2. The molecule has 0 saturated heterocycles. The lowest BCUT2D eigenvalue weighted by atomic mass is 10.2. The Bertz CT molecular complexity index is 545. The van der Waals surface area contributed by atoms with Gasteiger partial charge in [0, 0.05) is 0 Å². The second-order valence-electron chi connectivity index (χ2n) is 3.57. The maximum atomic E-state index is 5.42. The van der Waals surface area contributed by atoms with Gasteiger partial charge in [-0.3, -0.25) is 0 Å². The Balaban J connectivity index is 2.64. The van der Waals surface area contributed by atoms with Crippen LogP contribution in [0.4, 0.5) is 0 Å². The Morgan fingerprint density at radius 2 is 2.19 bits per heavy atom. The highest BCUT2D eigenvalue weighted by molar-refractivity contribution is 7.17. The Hall–Kier alpha value is -1.42. The van der Waals surface area contributed by atoms with Crippen LogP contribution in [-0.4, -0.2) is 16.6 Å². The zero-order chi connectivity index (χ0) is 11.7. The van der Waals surface area contributed by atoms with Crippen molar-refractivity contribution in [2.75, 3.05) is 6.61 Å². The van der Waals surface area contributed by atoms with Gasteiger partial charge in [0.1, 0.15) is 17.3 Å². The first-order chi connectivity index (χ1) is 7.63. The van der Waals surface area contributed by atoms with E-state index in [4.69, 9.17) is 4.74 Å². The number of aryl methyl sites for hydroxylation is 2. The van der Waals surface area contributed by atoms with Crippen LogP contribution in [0.25, 0.3) is 16.0 Å². The molecule has 3 nitrogen and oxygen atoms in total. The molecule has 0 spiro atoms. The molecule has 0 fully saturated rings. The molecular weight excluding hydrogens is 220 g/mol. The third-order valence-electron chi connectivity index (χ3n) is 2.29. The minimum Gasteiger partial charge on any atom is -0.492 e. The number of thiophene rings is 1. The molecule has 16 heavy (non-hydrogen) atoms. The molecule has 0 aromatic carbocycles. The molecule has 0 aliphatic heterocycles. The van der Waals surface area contributed by atoms with E-state index in [0.29, 0.717) is 12.4 Å². The summed E-state index contributed by atoms with van der Waals surface area (Å²) in [5.74, 6) is 1.38. The third-order valence-corrected chi connectivity index (χ3v) is 3.38. The molecule has 2 rings (SSSR count). The summed E-state index contributed by atoms with van der Waals surface area (Å²) in [5, 5.41) is 2.08. The van der Waals surface area contributed by atoms with Crippen molar-refractivity contribution in [3.05, 3.63) is 29.0 Å². The highest BCUT2D eigenvalue weighted by Gasteiger charge is 2.12. The van der Waals surface area contributed by atoms with Crippen LogP contribution in [0.15, 0.2) is 12.0 Å². The lowest BCUT2D eigenvalue weighted by Crippen LogP contribution is -1.98. The zero-order valence-electron chi connectivity index (χ0n) is 9.70. The van der Waals surface area contributed by atoms with Gasteiger partial charge in [-0.1, -0.05) is 6.58 Å². The van der Waals surface area contributed by atoms with Gasteiger partial charge in [-0.15, -0.1) is 11.3 Å². The fourth-order valence-corrected chi connectivity index (χ4v) is 2.57. The van der Waals surface area contributed by atoms with Gasteiger partial charge >= 0.3 is 0 Å². The molecule has 4 heteroatoms. The van der Waals surface area contributed by atoms with Crippen LogP contribution in [0.5, 0.6) is 0 Å². The largest absolute Gasteiger partial charge is 0.492 e. The van der Waals surface area contributed by atoms with Crippen LogP contribution in [0, 0.1) is 13.8 Å². The maximum absolute atomic E-state index is 5.42. The fraction of sp³-hybridized carbons (Fsp3) is 0.333. The van der Waals surface area contributed by atoms with Gasteiger partial charge in [0.2, 0.25) is 0 Å². The van der Waals surface area contributed by atoms with Crippen molar-refractivity contribution in [1.29, 1.82) is 0 Å². The average molecular weight is 234 g/mol. The summed E-state index contributed by atoms with van der Waals surface area (Å²) >= 11 is 1.64. The predicted molar refractivity (Wildman–Crippen MR) is 67.5 cm³/mol. The average Bonchev–Trinajstić information content (AvgIpc) is 2.60. The number of rotatable bonds is 3. The highest BCUT2D eigenvalue weighted by atomic mass is 32.1. The first kappa shape index (κ1) is 11.1. The van der Waals surface area contributed by atoms with Crippen molar-refractivity contribution in [2.24, 2.45) is 0 Å². The van der Waals surface area contributed by atoms with E-state index in [1.54, 1.807) is 11.3 Å². The molecule has 0 bridgehead atoms. The summed E-state index contributed by atoms with van der Waals surface area (Å²) < 4.78 is 6.48. The number of ether oxygens (including phenoxy) is 1. The molecule has 0 saturated carbocycles. The van der Waals surface area contributed by atoms with Gasteiger partial charge in [0.25, 0.3) is 0 Å². The van der Waals surface area contributed by atoms with E-state index in [9.17, 15) is 0 Å². The molecule has 0 atom stereocenters. The number of fused-ring (bicyclic) bond motifs is 1. The van der Waals surface area contributed by atoms with Gasteiger partial charge in [0.05, 0.1) is 16.8 Å². The number of hydrogen-bond donors (Lipinski definition) is 0. The Kier molecular flexibility index (Phi) is 2.92. The molecule has 0 unspecified atom stereocenters. The van der Waals surface area contributed by atoms with E-state index in [2.05, 4.69) is 28.9 Å². The Labute approximate surface area is 98.8 Å². The molecule has 2 aromatic heterocycles. The standard InChI is InChI=1S/C12H14N2OS/c1-5-15-8(3)11-12-10(7(2)6-16-12)13-9(4)14-11/h6H,3,5H2,1-2,4H3. The minimum atomic E-state index is 0.605. The first-order valence-corrected chi connectivity index (χ1v) is 6.06. The molecule has 0 aliphatic carbocycles. The molecule has 2 heterocycles. The number of hydrogen-bond acceptors (Lipinski definition) is 4. The van der Waals surface area contributed by atoms with E-state index < -0.39 is 0 Å². The van der Waals surface area contributed by atoms with Gasteiger partial charge in [-0.25, -0.2) is 9.97 Å². The molecule has 0 amide bonds. The summed E-state index contributed by atoms with van der Waals surface area (Å²) in [7, 11) is 0. The molecule has 84 valence electrons. The summed E-state index contributed by atoms with van der Waals surface area (Å²) in [5.41, 5.74) is 3.01. The summed E-state index contributed by atoms with van der Waals surface area (Å²) in [6.07, 6.45) is 0. The van der Waals surface area contributed by atoms with Gasteiger partial charge < -0.3 is 4.74 Å². The van der Waals surface area contributed by atoms with Crippen molar-refractivity contribution in [1.82, 2.24) is 9.97 Å². The Morgan fingerprint density at radius 1 is 1.44 bits per heavy atom. The van der Waals surface area contributed by atoms with Crippen LogP contribution in [-0.2, 0) is 4.74 Å². The van der Waals surface area contributed by atoms with Crippen molar-refractivity contribution >= 4 is 27.3 Å². The normalized spacial score (nSPS) is 10.7. The van der Waals surface area contributed by atoms with E-state index in [1.807, 2.05) is 13.8 Å². The zero-order valence-corrected chi connectivity index (χ0v) is 10.5. The van der Waals surface area contributed by atoms with Crippen LogP contribution >= 0.6 is 11.3 Å². The van der Waals surface area contributed by atoms with Crippen molar-refractivity contribution in [3.63, 3.8) is 0 Å². The van der Waals surface area contributed by atoms with Crippen LogP contribution < -0.4 is 0 Å². The molecule has 0 aliphatic rings. The quantitative estimate of drug-likeness (QED) is 0.764. The topological polar surface area (TPSA) is 35.0 Å². The van der Waals surface area contributed by atoms with Crippen molar-refractivity contribution in [3.8, 4) is 0 Å². The molecule has 0 N–H and O–H groups in total. The monoisotopic (exact) mass is 234 g/mol. The fourth-order valence-electron chi connectivity index (χ4n) is 1.58. The summed E-state index contributed by atoms with van der Waals surface area (Å²) in [6.45, 7) is 10.4. The van der Waals surface area contributed by atoms with Crippen molar-refractivity contribution < 1.29 is 4.74 Å². The SMILES string of the molecule is C=C(OCC)c1nc(C)nc2c(C)csc12. The van der Waals surface area contributed by atoms with Gasteiger partial charge in [-0.05, 0) is 31.7 Å². The molecular formula is C12H14N2OS. The lowest BCUT2D eigenvalue weighted by Gasteiger charge is -2.07. The molecule has 0 radical (unpaired) electrons. The number of nitrogens with zero attached hydrogens (tertiary/aromatic N) is 2. The predicted octanol–water partition coefficient (Wildman–Crippen LogP) is 3.32. The smallest absolute Gasteiger partial charge is 0.139 e. The van der Waals surface area contributed by atoms with E-state index in [-0.39, 0.29) is 0 Å². The van der Waals surface area contributed by atoms with Crippen molar-refractivity contribution in [2.45, 2.75) is 20.8 Å². The van der Waals surface area contributed by atoms with Gasteiger partial charge in [-0.2, -0.15) is 0 Å². The lowest BCUT2D eigenvalue weighted by molar-refractivity contribution is 0.298. The summed E-state index contributed by atoms with van der Waals surface area (Å²) in [6, 6.07) is 0. The second kappa shape index (κ2) is 4.22. The van der Waals surface area contributed by atoms with E-state index in [0.717, 1.165) is 21.7 Å². The van der Waals surface area contributed by atoms with Crippen LogP contribution in [0.3, 0.4) is 0 Å². The third kappa shape index (κ3) is 1.80. The highest BCUT2D eigenvalue weighted by Crippen LogP contribution is 2.29. The van der Waals surface area contributed by atoms with Crippen LogP contribution in [0.2, 0.25) is 0 Å². The molecule has 2 aromatic rings. The second-order valence-corrected chi connectivity index (χ2v) is 4.45.